The number of rotatable bonds is 7. The maximum atomic E-state index is 5.30. The number of nitrogens with zero attached hydrogens (tertiary/aromatic N) is 1. The average Bonchev–Trinajstić information content (AvgIpc) is 3.03. The molecule has 0 bridgehead atoms. The van der Waals surface area contributed by atoms with Crippen LogP contribution in [0.15, 0.2) is 0 Å². The van der Waals surface area contributed by atoms with E-state index in [0.29, 0.717) is 6.04 Å². The molecule has 3 heteroatoms. The van der Waals surface area contributed by atoms with Gasteiger partial charge < -0.3 is 10.1 Å². The Hall–Kier alpha value is -0.120. The van der Waals surface area contributed by atoms with Crippen molar-refractivity contribution in [3.63, 3.8) is 0 Å². The highest BCUT2D eigenvalue weighted by Gasteiger charge is 2.32. The quantitative estimate of drug-likeness (QED) is 0.712. The van der Waals surface area contributed by atoms with Crippen LogP contribution in [0, 0.1) is 5.92 Å². The Labute approximate surface area is 99.5 Å². The van der Waals surface area contributed by atoms with Crippen LogP contribution >= 0.6 is 0 Å². The average molecular weight is 226 g/mol. The van der Waals surface area contributed by atoms with E-state index < -0.39 is 0 Å². The molecule has 1 N–H and O–H groups in total. The number of ether oxygens (including phenoxy) is 1. The summed E-state index contributed by atoms with van der Waals surface area (Å²) in [6.07, 6.45) is 5.52. The zero-order valence-corrected chi connectivity index (χ0v) is 10.7. The summed E-state index contributed by atoms with van der Waals surface area (Å²) in [6, 6.07) is 1.37. The minimum atomic E-state index is 0.601. The highest BCUT2D eigenvalue weighted by molar-refractivity contribution is 4.88. The van der Waals surface area contributed by atoms with Crippen molar-refractivity contribution in [1.29, 1.82) is 0 Å². The minimum Gasteiger partial charge on any atom is -0.383 e. The lowest BCUT2D eigenvalue weighted by Gasteiger charge is -2.26. The van der Waals surface area contributed by atoms with E-state index in [1.54, 1.807) is 0 Å². The zero-order valence-electron chi connectivity index (χ0n) is 10.7. The van der Waals surface area contributed by atoms with Crippen LogP contribution in [0.25, 0.3) is 0 Å². The third-order valence-electron chi connectivity index (χ3n) is 4.06. The highest BCUT2D eigenvalue weighted by Crippen LogP contribution is 2.32. The molecule has 1 saturated heterocycles. The van der Waals surface area contributed by atoms with Crippen LogP contribution in [-0.2, 0) is 4.74 Å². The van der Waals surface area contributed by atoms with Gasteiger partial charge in [-0.25, -0.2) is 0 Å². The van der Waals surface area contributed by atoms with E-state index in [1.807, 2.05) is 7.11 Å². The lowest BCUT2D eigenvalue weighted by atomic mass is 10.1. The molecule has 0 radical (unpaired) electrons. The summed E-state index contributed by atoms with van der Waals surface area (Å²) in [6.45, 7) is 6.79. The summed E-state index contributed by atoms with van der Waals surface area (Å²) in [5, 5.41) is 3.72. The number of hydrogen-bond acceptors (Lipinski definition) is 3. The lowest BCUT2D eigenvalue weighted by molar-refractivity contribution is 0.151. The maximum absolute atomic E-state index is 5.30. The van der Waals surface area contributed by atoms with Gasteiger partial charge in [0, 0.05) is 25.7 Å². The van der Waals surface area contributed by atoms with E-state index in [1.165, 1.54) is 38.8 Å². The van der Waals surface area contributed by atoms with Crippen molar-refractivity contribution in [1.82, 2.24) is 10.2 Å². The molecular weight excluding hydrogens is 200 g/mol. The Morgan fingerprint density at radius 1 is 1.38 bits per heavy atom. The smallest absolute Gasteiger partial charge is 0.0618 e. The predicted molar refractivity (Wildman–Crippen MR) is 66.7 cm³/mol. The second-order valence-corrected chi connectivity index (χ2v) is 5.23. The first-order valence-electron chi connectivity index (χ1n) is 6.81. The van der Waals surface area contributed by atoms with Gasteiger partial charge in [0.2, 0.25) is 0 Å². The normalized spacial score (nSPS) is 28.5. The number of methoxy groups -OCH3 is 1. The van der Waals surface area contributed by atoms with Crippen LogP contribution in [0.4, 0.5) is 0 Å². The Balaban J connectivity index is 1.71. The summed E-state index contributed by atoms with van der Waals surface area (Å²) >= 11 is 0. The summed E-state index contributed by atoms with van der Waals surface area (Å²) in [4.78, 5) is 2.60. The summed E-state index contributed by atoms with van der Waals surface area (Å²) in [5.74, 6) is 0.886. The van der Waals surface area contributed by atoms with Crippen LogP contribution in [0.2, 0.25) is 0 Å². The Bertz CT molecular complexity index is 204. The van der Waals surface area contributed by atoms with Gasteiger partial charge in [0.25, 0.3) is 0 Å². The van der Waals surface area contributed by atoms with E-state index in [-0.39, 0.29) is 0 Å². The van der Waals surface area contributed by atoms with E-state index >= 15 is 0 Å². The molecule has 1 saturated carbocycles. The van der Waals surface area contributed by atoms with Crippen molar-refractivity contribution >= 4 is 0 Å². The number of likely N-dealkylation sites (tertiary alicyclic amines) is 1. The van der Waals surface area contributed by atoms with Gasteiger partial charge in [0.15, 0.2) is 0 Å². The Kier molecular flexibility index (Phi) is 4.62. The van der Waals surface area contributed by atoms with Gasteiger partial charge in [-0.05, 0) is 44.7 Å². The molecule has 3 nitrogen and oxygen atoms in total. The van der Waals surface area contributed by atoms with E-state index in [0.717, 1.165) is 25.1 Å². The monoisotopic (exact) mass is 226 g/mol. The second kappa shape index (κ2) is 5.99. The molecule has 2 fully saturated rings. The van der Waals surface area contributed by atoms with Gasteiger partial charge in [0.1, 0.15) is 0 Å². The standard InChI is InChI=1S/C13H26N2O/c1-3-15-8-4-5-12(15)9-14-13(10-16-2)11-6-7-11/h11-14H,3-10H2,1-2H3. The molecule has 2 aliphatic rings. The van der Waals surface area contributed by atoms with Crippen molar-refractivity contribution in [2.75, 3.05) is 33.4 Å². The first-order valence-corrected chi connectivity index (χ1v) is 6.81. The van der Waals surface area contributed by atoms with Crippen molar-refractivity contribution in [3.05, 3.63) is 0 Å². The van der Waals surface area contributed by atoms with Gasteiger partial charge in [-0.15, -0.1) is 0 Å². The van der Waals surface area contributed by atoms with Crippen LogP contribution in [0.3, 0.4) is 0 Å². The van der Waals surface area contributed by atoms with Gasteiger partial charge in [-0.3, -0.25) is 4.90 Å². The molecule has 16 heavy (non-hydrogen) atoms. The van der Waals surface area contributed by atoms with Gasteiger partial charge in [-0.1, -0.05) is 6.92 Å². The SMILES string of the molecule is CCN1CCCC1CNC(COC)C1CC1. The molecule has 94 valence electrons. The third-order valence-corrected chi connectivity index (χ3v) is 4.06. The highest BCUT2D eigenvalue weighted by atomic mass is 16.5. The first kappa shape index (κ1) is 12.3. The summed E-state index contributed by atoms with van der Waals surface area (Å²) in [7, 11) is 1.81. The maximum Gasteiger partial charge on any atom is 0.0618 e. The molecule has 0 spiro atoms. The molecular formula is C13H26N2O. The van der Waals surface area contributed by atoms with Gasteiger partial charge in [0.05, 0.1) is 6.61 Å². The van der Waals surface area contributed by atoms with Crippen molar-refractivity contribution < 1.29 is 4.74 Å². The summed E-state index contributed by atoms with van der Waals surface area (Å²) < 4.78 is 5.30. The lowest BCUT2D eigenvalue weighted by Crippen LogP contribution is -2.44. The topological polar surface area (TPSA) is 24.5 Å². The Morgan fingerprint density at radius 3 is 2.81 bits per heavy atom. The second-order valence-electron chi connectivity index (χ2n) is 5.23. The molecule has 2 atom stereocenters. The van der Waals surface area contributed by atoms with Gasteiger partial charge >= 0.3 is 0 Å². The predicted octanol–water partition coefficient (Wildman–Crippen LogP) is 1.49. The van der Waals surface area contributed by atoms with E-state index in [2.05, 4.69) is 17.1 Å². The number of hydrogen-bond donors (Lipinski definition) is 1. The molecule has 2 rings (SSSR count). The van der Waals surface area contributed by atoms with E-state index in [9.17, 15) is 0 Å². The molecule has 1 aliphatic carbocycles. The molecule has 1 aliphatic heterocycles. The minimum absolute atomic E-state index is 0.601. The van der Waals surface area contributed by atoms with Crippen LogP contribution < -0.4 is 5.32 Å². The largest absolute Gasteiger partial charge is 0.383 e. The van der Waals surface area contributed by atoms with Crippen LogP contribution in [0.5, 0.6) is 0 Å². The summed E-state index contributed by atoms with van der Waals surface area (Å²) in [5.41, 5.74) is 0. The van der Waals surface area contributed by atoms with Crippen molar-refractivity contribution in [2.24, 2.45) is 5.92 Å². The molecule has 0 aromatic carbocycles. The van der Waals surface area contributed by atoms with Crippen molar-refractivity contribution in [3.8, 4) is 0 Å². The molecule has 1 heterocycles. The van der Waals surface area contributed by atoms with Crippen LogP contribution in [-0.4, -0.2) is 50.3 Å². The molecule has 0 aromatic rings. The zero-order chi connectivity index (χ0) is 11.4. The number of nitrogens with one attached hydrogen (secondary N) is 1. The fourth-order valence-electron chi connectivity index (χ4n) is 2.87. The molecule has 0 amide bonds. The van der Waals surface area contributed by atoms with Gasteiger partial charge in [-0.2, -0.15) is 0 Å². The fraction of sp³-hybridized carbons (Fsp3) is 1.00. The van der Waals surface area contributed by atoms with Crippen molar-refractivity contribution in [2.45, 2.75) is 44.7 Å². The molecule has 0 aromatic heterocycles. The van der Waals surface area contributed by atoms with Crippen LogP contribution in [0.1, 0.15) is 32.6 Å². The number of likely N-dealkylation sites (N-methyl/N-ethyl adjacent to an activating group) is 1. The Morgan fingerprint density at radius 2 is 2.19 bits per heavy atom. The molecule has 2 unspecified atom stereocenters. The third kappa shape index (κ3) is 3.19. The van der Waals surface area contributed by atoms with E-state index in [4.69, 9.17) is 4.74 Å². The fourth-order valence-corrected chi connectivity index (χ4v) is 2.87. The first-order chi connectivity index (χ1) is 7.85.